The van der Waals surface area contributed by atoms with Crippen LogP contribution in [0.1, 0.15) is 25.8 Å². The van der Waals surface area contributed by atoms with Gasteiger partial charge in [-0.2, -0.15) is 0 Å². The maximum atomic E-state index is 6.30. The van der Waals surface area contributed by atoms with Gasteiger partial charge in [-0.25, -0.2) is 15.0 Å². The van der Waals surface area contributed by atoms with E-state index in [9.17, 15) is 0 Å². The molecule has 7 rings (SSSR count). The molecule has 3 aromatic heterocycles. The summed E-state index contributed by atoms with van der Waals surface area (Å²) < 4.78 is 2.10. The SMILES string of the molecule is CC.Nc1ncccc1-c1nc2ccc(-c3ccccc3)nc2n1-c1ccc(CN2CC3(CCNC3)C2)cc1. The minimum atomic E-state index is 0.451. The average Bonchev–Trinajstić information content (AvgIpc) is 3.60. The van der Waals surface area contributed by atoms with Crippen molar-refractivity contribution in [1.82, 2.24) is 29.7 Å². The number of nitrogen functional groups attached to an aromatic ring is 1. The van der Waals surface area contributed by atoms with E-state index in [0.717, 1.165) is 59.1 Å². The summed E-state index contributed by atoms with van der Waals surface area (Å²) in [5.41, 5.74) is 13.5. The zero-order valence-electron chi connectivity index (χ0n) is 22.6. The quantitative estimate of drug-likeness (QED) is 0.318. The first-order valence-electron chi connectivity index (χ1n) is 13.9. The maximum absolute atomic E-state index is 6.30. The molecule has 0 atom stereocenters. The molecule has 0 unspecified atom stereocenters. The Hall–Kier alpha value is -4.07. The monoisotopic (exact) mass is 517 g/mol. The summed E-state index contributed by atoms with van der Waals surface area (Å²) in [4.78, 5) is 16.9. The summed E-state index contributed by atoms with van der Waals surface area (Å²) >= 11 is 0. The first-order valence-corrected chi connectivity index (χ1v) is 13.9. The molecule has 2 aliphatic heterocycles. The minimum Gasteiger partial charge on any atom is -0.383 e. The van der Waals surface area contributed by atoms with Gasteiger partial charge in [-0.3, -0.25) is 9.47 Å². The Balaban J connectivity index is 0.00000135. The van der Waals surface area contributed by atoms with Gasteiger partial charge in [-0.1, -0.05) is 56.3 Å². The second-order valence-corrected chi connectivity index (χ2v) is 10.4. The van der Waals surface area contributed by atoms with Crippen molar-refractivity contribution in [3.05, 3.63) is 90.6 Å². The molecule has 7 heteroatoms. The van der Waals surface area contributed by atoms with Crippen LogP contribution in [0.3, 0.4) is 0 Å². The summed E-state index contributed by atoms with van der Waals surface area (Å²) in [5, 5.41) is 3.52. The van der Waals surface area contributed by atoms with E-state index in [1.807, 2.05) is 56.3 Å². The number of fused-ring (bicyclic) bond motifs is 1. The molecule has 5 heterocycles. The van der Waals surface area contributed by atoms with Gasteiger partial charge in [0.1, 0.15) is 11.3 Å². The van der Waals surface area contributed by atoms with Crippen LogP contribution in [-0.2, 0) is 6.54 Å². The maximum Gasteiger partial charge on any atom is 0.165 e. The van der Waals surface area contributed by atoms with Crippen LogP contribution in [0.5, 0.6) is 0 Å². The minimum absolute atomic E-state index is 0.451. The Morgan fingerprint density at radius 3 is 2.41 bits per heavy atom. The molecule has 198 valence electrons. The summed E-state index contributed by atoms with van der Waals surface area (Å²) in [5.74, 6) is 1.19. The number of imidazole rings is 1. The summed E-state index contributed by atoms with van der Waals surface area (Å²) in [6, 6.07) is 26.9. The van der Waals surface area contributed by atoms with E-state index in [1.54, 1.807) is 6.20 Å². The Bertz CT molecular complexity index is 1560. The molecule has 2 saturated heterocycles. The number of benzene rings is 2. The fraction of sp³-hybridized carbons (Fsp3) is 0.281. The van der Waals surface area contributed by atoms with Crippen LogP contribution < -0.4 is 11.1 Å². The highest BCUT2D eigenvalue weighted by Gasteiger charge is 2.44. The lowest BCUT2D eigenvalue weighted by Gasteiger charge is -2.48. The Labute approximate surface area is 229 Å². The predicted molar refractivity (Wildman–Crippen MR) is 158 cm³/mol. The normalized spacial score (nSPS) is 16.2. The number of rotatable bonds is 5. The van der Waals surface area contributed by atoms with Crippen LogP contribution in [0.15, 0.2) is 85.1 Å². The molecular weight excluding hydrogens is 482 g/mol. The van der Waals surface area contributed by atoms with Crippen molar-refractivity contribution < 1.29 is 0 Å². The Kier molecular flexibility index (Phi) is 6.85. The zero-order chi connectivity index (χ0) is 26.8. The largest absolute Gasteiger partial charge is 0.383 e. The number of aromatic nitrogens is 4. The zero-order valence-corrected chi connectivity index (χ0v) is 22.6. The number of nitrogens with zero attached hydrogens (tertiary/aromatic N) is 5. The molecule has 0 saturated carbocycles. The van der Waals surface area contributed by atoms with Crippen LogP contribution in [0.25, 0.3) is 39.5 Å². The third-order valence-electron chi connectivity index (χ3n) is 7.70. The highest BCUT2D eigenvalue weighted by atomic mass is 15.2. The molecule has 39 heavy (non-hydrogen) atoms. The van der Waals surface area contributed by atoms with Crippen molar-refractivity contribution in [2.24, 2.45) is 5.41 Å². The molecule has 2 aromatic carbocycles. The van der Waals surface area contributed by atoms with E-state index >= 15 is 0 Å². The number of hydrogen-bond donors (Lipinski definition) is 2. The molecule has 0 radical (unpaired) electrons. The second-order valence-electron chi connectivity index (χ2n) is 10.4. The van der Waals surface area contributed by atoms with Gasteiger partial charge in [-0.05, 0) is 54.9 Å². The number of nitrogens with two attached hydrogens (primary N) is 1. The smallest absolute Gasteiger partial charge is 0.165 e. The molecule has 2 aliphatic rings. The third kappa shape index (κ3) is 4.80. The van der Waals surface area contributed by atoms with Crippen LogP contribution in [0, 0.1) is 5.41 Å². The van der Waals surface area contributed by atoms with E-state index in [0.29, 0.717) is 11.2 Å². The van der Waals surface area contributed by atoms with Crippen molar-refractivity contribution in [2.75, 3.05) is 31.9 Å². The van der Waals surface area contributed by atoms with Crippen LogP contribution in [0.2, 0.25) is 0 Å². The lowest BCUT2D eigenvalue weighted by molar-refractivity contribution is 0.0103. The van der Waals surface area contributed by atoms with Crippen LogP contribution >= 0.6 is 0 Å². The van der Waals surface area contributed by atoms with E-state index in [-0.39, 0.29) is 0 Å². The Morgan fingerprint density at radius 2 is 1.69 bits per heavy atom. The number of nitrogens with one attached hydrogen (secondary N) is 1. The molecule has 2 fully saturated rings. The van der Waals surface area contributed by atoms with Gasteiger partial charge in [0.2, 0.25) is 0 Å². The summed E-state index contributed by atoms with van der Waals surface area (Å²) in [6.45, 7) is 9.67. The highest BCUT2D eigenvalue weighted by molar-refractivity contribution is 5.84. The number of likely N-dealkylation sites (tertiary alicyclic amines) is 1. The van der Waals surface area contributed by atoms with Gasteiger partial charge >= 0.3 is 0 Å². The van der Waals surface area contributed by atoms with Crippen LogP contribution in [-0.4, -0.2) is 50.6 Å². The lowest BCUT2D eigenvalue weighted by atomic mass is 9.79. The predicted octanol–water partition coefficient (Wildman–Crippen LogP) is 5.55. The van der Waals surface area contributed by atoms with E-state index in [4.69, 9.17) is 15.7 Å². The summed E-state index contributed by atoms with van der Waals surface area (Å²) in [6.07, 6.45) is 3.00. The Morgan fingerprint density at radius 1 is 0.897 bits per heavy atom. The fourth-order valence-corrected chi connectivity index (χ4v) is 5.85. The van der Waals surface area contributed by atoms with Gasteiger partial charge in [-0.15, -0.1) is 0 Å². The lowest BCUT2D eigenvalue weighted by Crippen LogP contribution is -2.56. The van der Waals surface area contributed by atoms with E-state index in [1.165, 1.54) is 25.1 Å². The van der Waals surface area contributed by atoms with Crippen molar-refractivity contribution in [3.8, 4) is 28.3 Å². The van der Waals surface area contributed by atoms with Crippen molar-refractivity contribution >= 4 is 17.0 Å². The van der Waals surface area contributed by atoms with Crippen LogP contribution in [0.4, 0.5) is 5.82 Å². The molecule has 3 N–H and O–H groups in total. The summed E-state index contributed by atoms with van der Waals surface area (Å²) in [7, 11) is 0. The van der Waals surface area contributed by atoms with Gasteiger partial charge < -0.3 is 11.1 Å². The third-order valence-corrected chi connectivity index (χ3v) is 7.70. The number of pyridine rings is 2. The molecule has 0 bridgehead atoms. The number of hydrogen-bond acceptors (Lipinski definition) is 6. The van der Waals surface area contributed by atoms with Crippen molar-refractivity contribution in [1.29, 1.82) is 0 Å². The van der Waals surface area contributed by atoms with E-state index < -0.39 is 0 Å². The van der Waals surface area contributed by atoms with E-state index in [2.05, 4.69) is 56.2 Å². The highest BCUT2D eigenvalue weighted by Crippen LogP contribution is 2.37. The topological polar surface area (TPSA) is 84.9 Å². The van der Waals surface area contributed by atoms with Gasteiger partial charge in [0.15, 0.2) is 11.5 Å². The average molecular weight is 518 g/mol. The first-order chi connectivity index (χ1) is 19.2. The molecular formula is C32H35N7. The molecule has 1 spiro atoms. The van der Waals surface area contributed by atoms with Crippen molar-refractivity contribution in [2.45, 2.75) is 26.8 Å². The molecule has 5 aromatic rings. The van der Waals surface area contributed by atoms with Crippen molar-refractivity contribution in [3.63, 3.8) is 0 Å². The second kappa shape index (κ2) is 10.6. The van der Waals surface area contributed by atoms with Gasteiger partial charge in [0.05, 0.1) is 11.3 Å². The number of anilines is 1. The molecule has 0 amide bonds. The van der Waals surface area contributed by atoms with Gasteiger partial charge in [0, 0.05) is 49.0 Å². The standard InChI is InChI=1S/C30H29N7.C2H6/c31-27-24(7-4-15-33-27)28-35-26-13-12-25(22-5-2-1-3-6-22)34-29(26)37(28)23-10-8-21(9-11-23)17-36-19-30(20-36)14-16-32-18-30;1-2/h1-13,15,32H,14,16-20H2,(H2,31,33);1-2H3. The molecule has 0 aliphatic carbocycles. The first kappa shape index (κ1) is 25.2. The van der Waals surface area contributed by atoms with Gasteiger partial charge in [0.25, 0.3) is 0 Å². The fourth-order valence-electron chi connectivity index (χ4n) is 5.85. The molecule has 7 nitrogen and oxygen atoms in total.